The van der Waals surface area contributed by atoms with Crippen LogP contribution in [-0.4, -0.2) is 24.5 Å². The quantitative estimate of drug-likeness (QED) is 0.0846. The standard InChI is InChI=1S/C62H53N5O2.2Pd/c1-38(2)50-18-11-19-51(39(3)4)60(50)44-26-30-63-56(34-44)42-14-9-16-46(32-42)68-48-22-24-54-55-25-23-49(37-59(55)67(58(54)36-48)62-65-28-13-29-66-62)69-47-17-10-15-43(33-47)57-35-45(27-31-64-57)61-52(40(5)6)20-12-21-53(61)41(7)8;;/h9-31,34-35,38-41H,1-8H3;;/q-4;2*+2. The Balaban J connectivity index is 0.00000338. The number of rotatable bonds is 13. The zero-order chi connectivity index (χ0) is 47.8. The Hall–Kier alpha value is -6.58. The Kier molecular flexibility index (Phi) is 15.6. The first kappa shape index (κ1) is 50.8. The summed E-state index contributed by atoms with van der Waals surface area (Å²) in [5.41, 5.74) is 14.9. The third-order valence-electron chi connectivity index (χ3n) is 12.7. The van der Waals surface area contributed by atoms with E-state index in [9.17, 15) is 0 Å². The maximum absolute atomic E-state index is 6.53. The monoisotopic (exact) mass is 1110 g/mol. The van der Waals surface area contributed by atoms with E-state index in [4.69, 9.17) is 19.4 Å². The zero-order valence-electron chi connectivity index (χ0n) is 40.9. The molecule has 7 nitrogen and oxygen atoms in total. The molecule has 10 rings (SSSR count). The van der Waals surface area contributed by atoms with Gasteiger partial charge in [0.2, 0.25) is 5.95 Å². The van der Waals surface area contributed by atoms with Crippen LogP contribution >= 0.6 is 0 Å². The Morgan fingerprint density at radius 1 is 0.394 bits per heavy atom. The number of pyridine rings is 2. The average Bonchev–Trinajstić information content (AvgIpc) is 3.69. The first-order valence-corrected chi connectivity index (χ1v) is 23.8. The minimum atomic E-state index is 0. The predicted molar refractivity (Wildman–Crippen MR) is 278 cm³/mol. The van der Waals surface area contributed by atoms with E-state index in [1.165, 1.54) is 33.4 Å². The molecule has 0 aliphatic rings. The molecule has 9 heteroatoms. The molecular weight excluding hydrogens is 1060 g/mol. The Bertz CT molecular complexity index is 3230. The molecule has 0 atom stereocenters. The van der Waals surface area contributed by atoms with Gasteiger partial charge in [0.05, 0.1) is 0 Å². The third kappa shape index (κ3) is 10.4. The molecule has 358 valence electrons. The smallest absolute Gasteiger partial charge is 0.503 e. The normalized spacial score (nSPS) is 11.4. The summed E-state index contributed by atoms with van der Waals surface area (Å²) < 4.78 is 15.0. The van der Waals surface area contributed by atoms with Crippen molar-refractivity contribution in [2.24, 2.45) is 0 Å². The van der Waals surface area contributed by atoms with E-state index in [-0.39, 0.29) is 40.8 Å². The van der Waals surface area contributed by atoms with Crippen molar-refractivity contribution in [1.29, 1.82) is 0 Å². The predicted octanol–water partition coefficient (Wildman–Crippen LogP) is 16.3. The van der Waals surface area contributed by atoms with Crippen molar-refractivity contribution in [3.8, 4) is 73.7 Å². The van der Waals surface area contributed by atoms with Crippen LogP contribution in [0.15, 0.2) is 152 Å². The number of aromatic nitrogens is 5. The van der Waals surface area contributed by atoms with Crippen LogP contribution < -0.4 is 9.47 Å². The molecule has 0 aliphatic carbocycles. The van der Waals surface area contributed by atoms with Gasteiger partial charge in [-0.3, -0.25) is 0 Å². The summed E-state index contributed by atoms with van der Waals surface area (Å²) >= 11 is 0. The van der Waals surface area contributed by atoms with Crippen LogP contribution in [0, 0.1) is 24.3 Å². The van der Waals surface area contributed by atoms with E-state index in [0.717, 1.165) is 55.4 Å². The van der Waals surface area contributed by atoms with Gasteiger partial charge in [0.15, 0.2) is 0 Å². The van der Waals surface area contributed by atoms with Crippen molar-refractivity contribution >= 4 is 21.8 Å². The molecule has 0 amide bonds. The molecule has 0 bridgehead atoms. The van der Waals surface area contributed by atoms with Gasteiger partial charge >= 0.3 is 40.8 Å². The second-order valence-electron chi connectivity index (χ2n) is 18.7. The molecular formula is C62H53N5O2Pd2. The second-order valence-corrected chi connectivity index (χ2v) is 18.7. The van der Waals surface area contributed by atoms with Crippen molar-refractivity contribution in [3.63, 3.8) is 0 Å². The minimum Gasteiger partial charge on any atom is -0.503 e. The Morgan fingerprint density at radius 2 is 0.775 bits per heavy atom. The zero-order valence-corrected chi connectivity index (χ0v) is 44.0. The summed E-state index contributed by atoms with van der Waals surface area (Å²) in [5, 5.41) is 1.88. The van der Waals surface area contributed by atoms with Crippen LogP contribution in [0.4, 0.5) is 0 Å². The fourth-order valence-electron chi connectivity index (χ4n) is 9.34. The summed E-state index contributed by atoms with van der Waals surface area (Å²) in [6.45, 7) is 18.0. The molecule has 0 N–H and O–H groups in total. The molecule has 4 heterocycles. The topological polar surface area (TPSA) is 75.0 Å². The molecule has 10 aromatic rings. The number of benzene rings is 6. The average molecular weight is 1110 g/mol. The summed E-state index contributed by atoms with van der Waals surface area (Å²) in [6, 6.07) is 57.3. The van der Waals surface area contributed by atoms with Gasteiger partial charge in [-0.2, -0.15) is 22.9 Å². The number of ether oxygens (including phenoxy) is 2. The molecule has 0 radical (unpaired) electrons. The van der Waals surface area contributed by atoms with E-state index in [0.29, 0.717) is 52.6 Å². The van der Waals surface area contributed by atoms with Crippen molar-refractivity contribution in [2.45, 2.75) is 79.1 Å². The SMILES string of the molecule is CC(C)c1cccc(C(C)C)c1-c1ccnc(-c2[c-]c(Oc3[c-]c4c(cc3)c3ccc(Oc5[c-]c(-c6cc(-c7c(C(C)C)cccc7C(C)C)ccn6)ccc5)[c-]c3n4-c3ncccn3)ccc2)c1.[Pd+2].[Pd+2]. The third-order valence-corrected chi connectivity index (χ3v) is 12.7. The van der Waals surface area contributed by atoms with Crippen molar-refractivity contribution in [3.05, 3.63) is 199 Å². The second kappa shape index (κ2) is 21.8. The van der Waals surface area contributed by atoms with Crippen LogP contribution in [-0.2, 0) is 40.8 Å². The van der Waals surface area contributed by atoms with Crippen LogP contribution in [0.1, 0.15) is 101 Å². The molecule has 71 heavy (non-hydrogen) atoms. The Labute approximate surface area is 445 Å². The van der Waals surface area contributed by atoms with E-state index >= 15 is 0 Å². The summed E-state index contributed by atoms with van der Waals surface area (Å²) in [7, 11) is 0. The molecule has 4 aromatic heterocycles. The van der Waals surface area contributed by atoms with Crippen molar-refractivity contribution < 1.29 is 50.3 Å². The maximum Gasteiger partial charge on any atom is 2.00 e. The summed E-state index contributed by atoms with van der Waals surface area (Å²) in [6.07, 6.45) is 7.22. The number of hydrogen-bond acceptors (Lipinski definition) is 6. The van der Waals surface area contributed by atoms with Gasteiger partial charge < -0.3 is 24.0 Å². The Morgan fingerprint density at radius 3 is 1.17 bits per heavy atom. The summed E-state index contributed by atoms with van der Waals surface area (Å²) in [4.78, 5) is 18.9. The van der Waals surface area contributed by atoms with Crippen LogP contribution in [0.2, 0.25) is 0 Å². The molecule has 0 saturated heterocycles. The first-order chi connectivity index (χ1) is 33.5. The van der Waals surface area contributed by atoms with Crippen LogP contribution in [0.3, 0.4) is 0 Å². The van der Waals surface area contributed by atoms with Gasteiger partial charge in [0, 0.05) is 47.8 Å². The molecule has 0 saturated carbocycles. The van der Waals surface area contributed by atoms with Gasteiger partial charge in [-0.05, 0) is 97.8 Å². The van der Waals surface area contributed by atoms with E-state index in [1.807, 2.05) is 77.6 Å². The van der Waals surface area contributed by atoms with E-state index in [1.54, 1.807) is 18.5 Å². The van der Waals surface area contributed by atoms with Crippen molar-refractivity contribution in [2.75, 3.05) is 0 Å². The molecule has 0 unspecified atom stereocenters. The minimum absolute atomic E-state index is 0. The molecule has 0 aliphatic heterocycles. The fourth-order valence-corrected chi connectivity index (χ4v) is 9.34. The van der Waals surface area contributed by atoms with Crippen LogP contribution in [0.5, 0.6) is 23.0 Å². The van der Waals surface area contributed by atoms with E-state index in [2.05, 4.69) is 150 Å². The van der Waals surface area contributed by atoms with Crippen LogP contribution in [0.25, 0.3) is 72.5 Å². The van der Waals surface area contributed by atoms with Gasteiger partial charge in [0.25, 0.3) is 0 Å². The van der Waals surface area contributed by atoms with Gasteiger partial charge in [0.1, 0.15) is 0 Å². The van der Waals surface area contributed by atoms with Crippen molar-refractivity contribution in [1.82, 2.24) is 24.5 Å². The first-order valence-electron chi connectivity index (χ1n) is 23.8. The maximum atomic E-state index is 6.53. The number of fused-ring (bicyclic) bond motifs is 3. The van der Waals surface area contributed by atoms with E-state index < -0.39 is 0 Å². The van der Waals surface area contributed by atoms with Gasteiger partial charge in [-0.1, -0.05) is 127 Å². The summed E-state index contributed by atoms with van der Waals surface area (Å²) in [5.74, 6) is 4.08. The van der Waals surface area contributed by atoms with Gasteiger partial charge in [-0.25, -0.2) is 9.97 Å². The molecule has 0 fully saturated rings. The molecule has 6 aromatic carbocycles. The fraction of sp³-hybridized carbons (Fsp3) is 0.194. The molecule has 0 spiro atoms. The van der Waals surface area contributed by atoms with Gasteiger partial charge in [-0.15, -0.1) is 71.8 Å². The number of hydrogen-bond donors (Lipinski definition) is 0. The largest absolute Gasteiger partial charge is 2.00 e. The number of nitrogens with zero attached hydrogens (tertiary/aromatic N) is 5.